The molecule has 0 aliphatic rings. The molecule has 0 atom stereocenters. The first-order valence-corrected chi connectivity index (χ1v) is 5.90. The molecule has 20 heavy (non-hydrogen) atoms. The number of hydrogen-bond acceptors (Lipinski definition) is 1. The highest BCUT2D eigenvalue weighted by molar-refractivity contribution is 14.1. The van der Waals surface area contributed by atoms with E-state index in [9.17, 15) is 31.1 Å². The van der Waals surface area contributed by atoms with Crippen LogP contribution in [0.4, 0.5) is 26.3 Å². The predicted molar refractivity (Wildman–Crippen MR) is 65.8 cm³/mol. The van der Waals surface area contributed by atoms with E-state index in [2.05, 4.69) is 0 Å². The summed E-state index contributed by atoms with van der Waals surface area (Å²) in [6, 6.07) is 0.606. The van der Waals surface area contributed by atoms with Crippen molar-refractivity contribution in [1.82, 2.24) is 0 Å². The van der Waals surface area contributed by atoms with E-state index >= 15 is 0 Å². The number of halogens is 7. The molecule has 0 amide bonds. The first-order valence-electron chi connectivity index (χ1n) is 4.82. The van der Waals surface area contributed by atoms with Crippen molar-refractivity contribution in [1.29, 1.82) is 0 Å². The SMILES string of the molecule is O=C(O)/C=C/c1c(C(F)(F)F)ccc(C(F)(F)F)c1I. The monoisotopic (exact) mass is 410 g/mol. The van der Waals surface area contributed by atoms with E-state index < -0.39 is 38.6 Å². The zero-order valence-electron chi connectivity index (χ0n) is 9.31. The minimum absolute atomic E-state index is 0.284. The molecule has 1 aromatic carbocycles. The minimum atomic E-state index is -4.89. The van der Waals surface area contributed by atoms with Gasteiger partial charge < -0.3 is 5.11 Å². The van der Waals surface area contributed by atoms with Gasteiger partial charge in [-0.3, -0.25) is 0 Å². The molecule has 110 valence electrons. The molecule has 1 rings (SSSR count). The third-order valence-corrected chi connectivity index (χ3v) is 3.35. The Morgan fingerprint density at radius 1 is 1.05 bits per heavy atom. The average Bonchev–Trinajstić information content (AvgIpc) is 2.23. The molecular weight excluding hydrogens is 405 g/mol. The standard InChI is InChI=1S/C11H5F6IO2/c12-10(13,14)6-2-3-7(11(15,16)17)9(18)5(6)1-4-8(19)20/h1-4H,(H,19,20)/b4-1+. The largest absolute Gasteiger partial charge is 0.478 e. The summed E-state index contributed by atoms with van der Waals surface area (Å²) in [6.45, 7) is 0. The maximum absolute atomic E-state index is 12.7. The predicted octanol–water partition coefficient (Wildman–Crippen LogP) is 4.43. The molecule has 0 radical (unpaired) electrons. The molecular formula is C11H5F6IO2. The Morgan fingerprint density at radius 2 is 1.50 bits per heavy atom. The van der Waals surface area contributed by atoms with Gasteiger partial charge in [-0.1, -0.05) is 0 Å². The number of aliphatic carboxylic acids is 1. The molecule has 0 aromatic heterocycles. The number of carboxylic acids is 1. The van der Waals surface area contributed by atoms with Crippen LogP contribution in [0.25, 0.3) is 6.08 Å². The summed E-state index contributed by atoms with van der Waals surface area (Å²) in [5.41, 5.74) is -3.40. The van der Waals surface area contributed by atoms with E-state index in [1.165, 1.54) is 0 Å². The Balaban J connectivity index is 3.59. The summed E-state index contributed by atoms with van der Waals surface area (Å²) in [5, 5.41) is 8.40. The van der Waals surface area contributed by atoms with E-state index in [-0.39, 0.29) is 6.07 Å². The fourth-order valence-electron chi connectivity index (χ4n) is 1.38. The summed E-state index contributed by atoms with van der Waals surface area (Å²) in [4.78, 5) is 10.3. The van der Waals surface area contributed by atoms with Crippen LogP contribution in [0.3, 0.4) is 0 Å². The molecule has 9 heteroatoms. The Morgan fingerprint density at radius 3 is 1.90 bits per heavy atom. The van der Waals surface area contributed by atoms with Gasteiger partial charge in [0.05, 0.1) is 11.1 Å². The fraction of sp³-hybridized carbons (Fsp3) is 0.182. The number of hydrogen-bond donors (Lipinski definition) is 1. The summed E-state index contributed by atoms with van der Waals surface area (Å²) in [7, 11) is 0. The highest BCUT2D eigenvalue weighted by atomic mass is 127. The van der Waals surface area contributed by atoms with Crippen molar-refractivity contribution in [2.45, 2.75) is 12.4 Å². The van der Waals surface area contributed by atoms with Crippen molar-refractivity contribution in [2.24, 2.45) is 0 Å². The van der Waals surface area contributed by atoms with Gasteiger partial charge in [0.2, 0.25) is 0 Å². The second-order valence-electron chi connectivity index (χ2n) is 3.56. The normalized spacial score (nSPS) is 12.9. The third kappa shape index (κ3) is 3.87. The molecule has 1 aromatic rings. The number of alkyl halides is 6. The van der Waals surface area contributed by atoms with Crippen molar-refractivity contribution < 1.29 is 36.2 Å². The highest BCUT2D eigenvalue weighted by Crippen LogP contribution is 2.40. The van der Waals surface area contributed by atoms with Crippen molar-refractivity contribution in [3.05, 3.63) is 38.5 Å². The Labute approximate surface area is 122 Å². The van der Waals surface area contributed by atoms with Crippen LogP contribution in [0.5, 0.6) is 0 Å². The van der Waals surface area contributed by atoms with E-state index in [0.29, 0.717) is 18.2 Å². The van der Waals surface area contributed by atoms with Crippen molar-refractivity contribution in [3.8, 4) is 0 Å². The topological polar surface area (TPSA) is 37.3 Å². The van der Waals surface area contributed by atoms with Gasteiger partial charge in [0.25, 0.3) is 0 Å². The van der Waals surface area contributed by atoms with Crippen molar-refractivity contribution in [3.63, 3.8) is 0 Å². The van der Waals surface area contributed by atoms with Gasteiger partial charge in [0, 0.05) is 15.2 Å². The molecule has 0 saturated heterocycles. The van der Waals surface area contributed by atoms with Crippen LogP contribution in [-0.2, 0) is 17.1 Å². The van der Waals surface area contributed by atoms with Crippen molar-refractivity contribution >= 4 is 34.6 Å². The molecule has 0 fully saturated rings. The van der Waals surface area contributed by atoms with E-state index in [1.807, 2.05) is 0 Å². The zero-order chi connectivity index (χ0) is 15.7. The van der Waals surface area contributed by atoms with E-state index in [1.54, 1.807) is 0 Å². The van der Waals surface area contributed by atoms with Crippen LogP contribution in [0.2, 0.25) is 0 Å². The van der Waals surface area contributed by atoms with E-state index in [4.69, 9.17) is 5.11 Å². The van der Waals surface area contributed by atoms with Gasteiger partial charge >= 0.3 is 18.3 Å². The van der Waals surface area contributed by atoms with Gasteiger partial charge in [-0.15, -0.1) is 0 Å². The van der Waals surface area contributed by atoms with Gasteiger partial charge in [0.15, 0.2) is 0 Å². The molecule has 0 saturated carbocycles. The highest BCUT2D eigenvalue weighted by Gasteiger charge is 2.39. The van der Waals surface area contributed by atoms with Gasteiger partial charge in [0.1, 0.15) is 0 Å². The summed E-state index contributed by atoms with van der Waals surface area (Å²) in [5.74, 6) is -1.56. The molecule has 1 N–H and O–H groups in total. The van der Waals surface area contributed by atoms with E-state index in [0.717, 1.165) is 22.6 Å². The quantitative estimate of drug-likeness (QED) is 0.445. The fourth-order valence-corrected chi connectivity index (χ4v) is 2.33. The number of carboxylic acid groups (broad SMARTS) is 1. The number of carbonyl (C=O) groups is 1. The summed E-state index contributed by atoms with van der Waals surface area (Å²) in [6.07, 6.45) is -8.86. The van der Waals surface area contributed by atoms with Crippen LogP contribution < -0.4 is 0 Å². The van der Waals surface area contributed by atoms with Crippen molar-refractivity contribution in [2.75, 3.05) is 0 Å². The minimum Gasteiger partial charge on any atom is -0.478 e. The molecule has 0 unspecified atom stereocenters. The van der Waals surface area contributed by atoms with Crippen LogP contribution in [0.1, 0.15) is 16.7 Å². The maximum Gasteiger partial charge on any atom is 0.417 e. The zero-order valence-corrected chi connectivity index (χ0v) is 11.5. The second kappa shape index (κ2) is 5.62. The van der Waals surface area contributed by atoms with Gasteiger partial charge in [-0.2, -0.15) is 26.3 Å². The first-order chi connectivity index (χ1) is 8.94. The lowest BCUT2D eigenvalue weighted by atomic mass is 10.0. The molecule has 0 aliphatic heterocycles. The molecule has 0 bridgehead atoms. The lowest BCUT2D eigenvalue weighted by Crippen LogP contribution is -2.14. The maximum atomic E-state index is 12.7. The Hall–Kier alpha value is -1.26. The van der Waals surface area contributed by atoms with Crippen LogP contribution >= 0.6 is 22.6 Å². The lowest BCUT2D eigenvalue weighted by Gasteiger charge is -2.16. The molecule has 2 nitrogen and oxygen atoms in total. The summed E-state index contributed by atoms with van der Waals surface area (Å²) >= 11 is 1.11. The van der Waals surface area contributed by atoms with Crippen LogP contribution in [0, 0.1) is 3.57 Å². The smallest absolute Gasteiger partial charge is 0.417 e. The third-order valence-electron chi connectivity index (χ3n) is 2.18. The Bertz CT molecular complexity index is 559. The van der Waals surface area contributed by atoms with Gasteiger partial charge in [-0.25, -0.2) is 4.79 Å². The van der Waals surface area contributed by atoms with Crippen LogP contribution in [-0.4, -0.2) is 11.1 Å². The Kier molecular flexibility index (Phi) is 4.72. The van der Waals surface area contributed by atoms with Gasteiger partial charge in [-0.05, 0) is 40.8 Å². The molecule has 0 heterocycles. The number of rotatable bonds is 2. The summed E-state index contributed by atoms with van der Waals surface area (Å²) < 4.78 is 75.3. The average molecular weight is 410 g/mol. The molecule has 0 aliphatic carbocycles. The number of benzene rings is 1. The first kappa shape index (κ1) is 16.8. The molecule has 0 spiro atoms. The van der Waals surface area contributed by atoms with Crippen LogP contribution in [0.15, 0.2) is 18.2 Å². The second-order valence-corrected chi connectivity index (χ2v) is 4.63. The lowest BCUT2D eigenvalue weighted by molar-refractivity contribution is -0.142.